The first-order valence-electron chi connectivity index (χ1n) is 13.6. The van der Waals surface area contributed by atoms with Gasteiger partial charge in [0.1, 0.15) is 11.8 Å². The maximum atomic E-state index is 13.7. The number of ether oxygens (including phenoxy) is 1. The van der Waals surface area contributed by atoms with Crippen LogP contribution < -0.4 is 10.1 Å². The largest absolute Gasteiger partial charge is 0.494 e. The monoisotopic (exact) mass is 576 g/mol. The van der Waals surface area contributed by atoms with Gasteiger partial charge in [-0.3, -0.25) is 9.59 Å². The Morgan fingerprint density at radius 3 is 2.32 bits per heavy atom. The van der Waals surface area contributed by atoms with Crippen LogP contribution >= 0.6 is 15.9 Å². The van der Waals surface area contributed by atoms with Gasteiger partial charge in [-0.2, -0.15) is 0 Å². The fourth-order valence-electron chi connectivity index (χ4n) is 4.90. The number of benzene rings is 3. The first-order valence-corrected chi connectivity index (χ1v) is 14.3. The highest BCUT2D eigenvalue weighted by atomic mass is 79.9. The molecule has 1 aliphatic carbocycles. The van der Waals surface area contributed by atoms with Gasteiger partial charge < -0.3 is 15.0 Å². The molecule has 0 bridgehead atoms. The maximum Gasteiger partial charge on any atom is 0.243 e. The maximum absolute atomic E-state index is 13.7. The van der Waals surface area contributed by atoms with Gasteiger partial charge in [-0.05, 0) is 61.6 Å². The molecule has 3 aromatic carbocycles. The Balaban J connectivity index is 1.50. The van der Waals surface area contributed by atoms with Gasteiger partial charge >= 0.3 is 0 Å². The van der Waals surface area contributed by atoms with E-state index in [2.05, 4.69) is 21.2 Å². The summed E-state index contributed by atoms with van der Waals surface area (Å²) in [6.45, 7) is 2.86. The first-order chi connectivity index (χ1) is 18.5. The minimum Gasteiger partial charge on any atom is -0.494 e. The Labute approximate surface area is 234 Å². The van der Waals surface area contributed by atoms with Gasteiger partial charge in [0.15, 0.2) is 0 Å². The number of hydrogen-bond acceptors (Lipinski definition) is 3. The number of hydrogen-bond donors (Lipinski definition) is 1. The lowest BCUT2D eigenvalue weighted by atomic mass is 10.0. The molecule has 2 amide bonds. The zero-order chi connectivity index (χ0) is 26.7. The van der Waals surface area contributed by atoms with Gasteiger partial charge in [-0.1, -0.05) is 88.9 Å². The summed E-state index contributed by atoms with van der Waals surface area (Å²) in [5.41, 5.74) is 3.20. The van der Waals surface area contributed by atoms with Crippen LogP contribution in [0.2, 0.25) is 0 Å². The second-order valence-electron chi connectivity index (χ2n) is 10.1. The molecule has 5 nitrogen and oxygen atoms in total. The minimum absolute atomic E-state index is 0.0390. The lowest BCUT2D eigenvalue weighted by molar-refractivity contribution is -0.141. The van der Waals surface area contributed by atoms with Gasteiger partial charge in [0.25, 0.3) is 0 Å². The quantitative estimate of drug-likeness (QED) is 0.247. The van der Waals surface area contributed by atoms with Crippen molar-refractivity contribution in [1.29, 1.82) is 0 Å². The van der Waals surface area contributed by atoms with E-state index < -0.39 is 6.04 Å². The van der Waals surface area contributed by atoms with Crippen LogP contribution in [0.5, 0.6) is 5.75 Å². The molecule has 3 aromatic rings. The molecule has 0 unspecified atom stereocenters. The van der Waals surface area contributed by atoms with Crippen LogP contribution in [0.15, 0.2) is 83.3 Å². The van der Waals surface area contributed by atoms with Crippen LogP contribution in [0, 0.1) is 6.92 Å². The summed E-state index contributed by atoms with van der Waals surface area (Å²) in [7, 11) is 0. The standard InChI is InChI=1S/C32H37BrN2O3/c1-24-13-19-29(20-14-24)38-21-7-12-31(36)35(23-26-15-17-27(33)18-16-26)30(22-25-8-3-2-4-9-25)32(37)34-28-10-5-6-11-28/h2-4,8-9,13-20,28,30H,5-7,10-12,21-23H2,1H3,(H,34,37)/t30-/m0/s1. The Morgan fingerprint density at radius 2 is 1.63 bits per heavy atom. The lowest BCUT2D eigenvalue weighted by Crippen LogP contribution is -2.52. The minimum atomic E-state index is -0.591. The fourth-order valence-corrected chi connectivity index (χ4v) is 5.16. The molecule has 4 rings (SSSR count). The molecule has 1 atom stereocenters. The van der Waals surface area contributed by atoms with Gasteiger partial charge in [-0.15, -0.1) is 0 Å². The van der Waals surface area contributed by atoms with Crippen molar-refractivity contribution in [3.8, 4) is 5.75 Å². The molecule has 0 radical (unpaired) electrons. The summed E-state index contributed by atoms with van der Waals surface area (Å²) in [4.78, 5) is 29.2. The van der Waals surface area contributed by atoms with Gasteiger partial charge in [0, 0.05) is 29.9 Å². The van der Waals surface area contributed by atoms with Crippen LogP contribution in [0.1, 0.15) is 55.2 Å². The van der Waals surface area contributed by atoms with E-state index in [1.807, 2.05) is 85.8 Å². The average Bonchev–Trinajstić information content (AvgIpc) is 3.44. The molecule has 38 heavy (non-hydrogen) atoms. The molecule has 0 heterocycles. The summed E-state index contributed by atoms with van der Waals surface area (Å²) in [6, 6.07) is 25.4. The number of aryl methyl sites for hydroxylation is 1. The van der Waals surface area contributed by atoms with Crippen LogP contribution in [0.25, 0.3) is 0 Å². The Morgan fingerprint density at radius 1 is 0.947 bits per heavy atom. The van der Waals surface area contributed by atoms with Crippen molar-refractivity contribution < 1.29 is 14.3 Å². The van der Waals surface area contributed by atoms with Crippen molar-refractivity contribution in [2.75, 3.05) is 6.61 Å². The number of rotatable bonds is 12. The number of nitrogens with zero attached hydrogens (tertiary/aromatic N) is 1. The Hall–Kier alpha value is -3.12. The van der Waals surface area contributed by atoms with Gasteiger partial charge in [-0.25, -0.2) is 0 Å². The van der Waals surface area contributed by atoms with E-state index >= 15 is 0 Å². The van der Waals surface area contributed by atoms with Crippen molar-refractivity contribution in [3.63, 3.8) is 0 Å². The molecule has 1 N–H and O–H groups in total. The topological polar surface area (TPSA) is 58.6 Å². The van der Waals surface area contributed by atoms with E-state index in [1.54, 1.807) is 4.90 Å². The number of halogens is 1. The molecule has 1 aliphatic rings. The predicted molar refractivity (Wildman–Crippen MR) is 155 cm³/mol. The Bertz CT molecular complexity index is 1160. The molecular weight excluding hydrogens is 540 g/mol. The van der Waals surface area contributed by atoms with E-state index in [0.29, 0.717) is 32.4 Å². The third-order valence-electron chi connectivity index (χ3n) is 7.06. The van der Waals surface area contributed by atoms with Crippen molar-refractivity contribution in [3.05, 3.63) is 100 Å². The normalized spacial score (nSPS) is 14.2. The highest BCUT2D eigenvalue weighted by Crippen LogP contribution is 2.21. The number of carbonyl (C=O) groups excluding carboxylic acids is 2. The van der Waals surface area contributed by atoms with E-state index in [1.165, 1.54) is 5.56 Å². The van der Waals surface area contributed by atoms with Crippen molar-refractivity contribution in [2.24, 2.45) is 0 Å². The smallest absolute Gasteiger partial charge is 0.243 e. The number of carbonyl (C=O) groups is 2. The van der Waals surface area contributed by atoms with E-state index in [-0.39, 0.29) is 17.9 Å². The predicted octanol–water partition coefficient (Wildman–Crippen LogP) is 6.62. The second-order valence-corrected chi connectivity index (χ2v) is 11.0. The highest BCUT2D eigenvalue weighted by molar-refractivity contribution is 9.10. The number of nitrogens with one attached hydrogen (secondary N) is 1. The Kier molecular flexibility index (Phi) is 10.4. The first kappa shape index (κ1) is 27.9. The van der Waals surface area contributed by atoms with E-state index in [9.17, 15) is 9.59 Å². The lowest BCUT2D eigenvalue weighted by Gasteiger charge is -2.32. The third kappa shape index (κ3) is 8.45. The number of amides is 2. The fraction of sp³-hybridized carbons (Fsp3) is 0.375. The molecule has 1 fully saturated rings. The average molecular weight is 578 g/mol. The van der Waals surface area contributed by atoms with E-state index in [0.717, 1.165) is 47.0 Å². The molecule has 6 heteroatoms. The molecular formula is C32H37BrN2O3. The summed E-state index contributed by atoms with van der Waals surface area (Å²) in [5, 5.41) is 3.26. The summed E-state index contributed by atoms with van der Waals surface area (Å²) >= 11 is 3.49. The molecule has 0 spiro atoms. The highest BCUT2D eigenvalue weighted by Gasteiger charge is 2.32. The zero-order valence-corrected chi connectivity index (χ0v) is 23.7. The van der Waals surface area contributed by atoms with Crippen molar-refractivity contribution in [1.82, 2.24) is 10.2 Å². The molecule has 0 aliphatic heterocycles. The zero-order valence-electron chi connectivity index (χ0n) is 22.1. The third-order valence-corrected chi connectivity index (χ3v) is 7.59. The van der Waals surface area contributed by atoms with Crippen LogP contribution in [-0.2, 0) is 22.6 Å². The molecule has 0 aromatic heterocycles. The van der Waals surface area contributed by atoms with Crippen molar-refractivity contribution in [2.45, 2.75) is 70.5 Å². The molecule has 200 valence electrons. The summed E-state index contributed by atoms with van der Waals surface area (Å²) in [5.74, 6) is 0.692. The van der Waals surface area contributed by atoms with Crippen LogP contribution in [0.3, 0.4) is 0 Å². The summed E-state index contributed by atoms with van der Waals surface area (Å²) < 4.78 is 6.84. The van der Waals surface area contributed by atoms with Gasteiger partial charge in [0.05, 0.1) is 6.61 Å². The second kappa shape index (κ2) is 14.1. The van der Waals surface area contributed by atoms with Crippen LogP contribution in [-0.4, -0.2) is 35.4 Å². The van der Waals surface area contributed by atoms with E-state index in [4.69, 9.17) is 4.74 Å². The summed E-state index contributed by atoms with van der Waals surface area (Å²) in [6.07, 6.45) is 5.63. The molecule has 1 saturated carbocycles. The SMILES string of the molecule is Cc1ccc(OCCCC(=O)N(Cc2ccc(Br)cc2)[C@@H](Cc2ccccc2)C(=O)NC2CCCC2)cc1. The van der Waals surface area contributed by atoms with Crippen LogP contribution in [0.4, 0.5) is 0 Å². The molecule has 0 saturated heterocycles. The van der Waals surface area contributed by atoms with Gasteiger partial charge in [0.2, 0.25) is 11.8 Å². The van der Waals surface area contributed by atoms with Crippen molar-refractivity contribution >= 4 is 27.7 Å².